The van der Waals surface area contributed by atoms with Gasteiger partial charge in [-0.2, -0.15) is 5.10 Å². The van der Waals surface area contributed by atoms with Crippen molar-refractivity contribution in [3.63, 3.8) is 0 Å². The summed E-state index contributed by atoms with van der Waals surface area (Å²) in [5.41, 5.74) is 3.70. The lowest BCUT2D eigenvalue weighted by Gasteiger charge is -2.21. The summed E-state index contributed by atoms with van der Waals surface area (Å²) in [5, 5.41) is 7.59. The van der Waals surface area contributed by atoms with Gasteiger partial charge in [-0.05, 0) is 49.4 Å². The number of amides is 1. The number of carbonyl (C=O) groups is 2. The van der Waals surface area contributed by atoms with E-state index in [1.54, 1.807) is 14.2 Å². The number of aromatic nitrogens is 3. The second-order valence-electron chi connectivity index (χ2n) is 6.69. The van der Waals surface area contributed by atoms with Crippen LogP contribution in [0.25, 0.3) is 10.9 Å². The Morgan fingerprint density at radius 2 is 2.04 bits per heavy atom. The van der Waals surface area contributed by atoms with Gasteiger partial charge in [0.2, 0.25) is 0 Å². The summed E-state index contributed by atoms with van der Waals surface area (Å²) in [7, 11) is 3.30. The van der Waals surface area contributed by atoms with Gasteiger partial charge >= 0.3 is 0 Å². The molecular formula is C20H20N4O3. The average Bonchev–Trinajstić information content (AvgIpc) is 3.13. The number of carbonyl (C=O) groups excluding carboxylic acids is 2. The minimum Gasteiger partial charge on any atom is -0.497 e. The Hall–Kier alpha value is -3.22. The maximum Gasteiger partial charge on any atom is 0.296 e. The largest absolute Gasteiger partial charge is 0.497 e. The number of benzene rings is 1. The predicted molar refractivity (Wildman–Crippen MR) is 101 cm³/mol. The van der Waals surface area contributed by atoms with Gasteiger partial charge in [0.1, 0.15) is 5.75 Å². The molecule has 27 heavy (non-hydrogen) atoms. The van der Waals surface area contributed by atoms with E-state index in [0.29, 0.717) is 11.4 Å². The molecule has 2 heterocycles. The lowest BCUT2D eigenvalue weighted by molar-refractivity contribution is -0.112. The van der Waals surface area contributed by atoms with Gasteiger partial charge in [-0.1, -0.05) is 0 Å². The summed E-state index contributed by atoms with van der Waals surface area (Å²) >= 11 is 0. The molecule has 0 saturated carbocycles. The topological polar surface area (TPSA) is 86.1 Å². The van der Waals surface area contributed by atoms with Crippen LogP contribution in [0.2, 0.25) is 0 Å². The van der Waals surface area contributed by atoms with Crippen LogP contribution in [0.3, 0.4) is 0 Å². The fourth-order valence-corrected chi connectivity index (χ4v) is 3.51. The zero-order chi connectivity index (χ0) is 19.0. The molecule has 1 aliphatic carbocycles. The molecule has 4 rings (SSSR count). The smallest absolute Gasteiger partial charge is 0.296 e. The number of pyridine rings is 1. The molecule has 2 aromatic heterocycles. The van der Waals surface area contributed by atoms with Crippen molar-refractivity contribution in [3.8, 4) is 5.75 Å². The fraction of sp³-hybridized carbons (Fsp3) is 0.300. The number of anilines is 1. The second kappa shape index (κ2) is 6.83. The summed E-state index contributed by atoms with van der Waals surface area (Å²) in [4.78, 5) is 29.9. The monoisotopic (exact) mass is 364 g/mol. The molecular weight excluding hydrogens is 344 g/mol. The van der Waals surface area contributed by atoms with Crippen molar-refractivity contribution in [3.05, 3.63) is 47.4 Å². The van der Waals surface area contributed by atoms with Crippen LogP contribution in [0.15, 0.2) is 30.6 Å². The highest BCUT2D eigenvalue weighted by molar-refractivity contribution is 6.46. The predicted octanol–water partition coefficient (Wildman–Crippen LogP) is 2.68. The van der Waals surface area contributed by atoms with Crippen molar-refractivity contribution >= 4 is 28.3 Å². The minimum absolute atomic E-state index is 0.264. The van der Waals surface area contributed by atoms with E-state index in [9.17, 15) is 9.59 Å². The van der Waals surface area contributed by atoms with Crippen molar-refractivity contribution in [2.24, 2.45) is 7.05 Å². The highest BCUT2D eigenvalue weighted by Gasteiger charge is 2.23. The number of fused-ring (bicyclic) bond motifs is 2. The highest BCUT2D eigenvalue weighted by atomic mass is 16.5. The van der Waals surface area contributed by atoms with Crippen molar-refractivity contribution in [1.82, 2.24) is 14.8 Å². The Balaban J connectivity index is 1.79. The van der Waals surface area contributed by atoms with Gasteiger partial charge in [0, 0.05) is 24.3 Å². The van der Waals surface area contributed by atoms with Crippen LogP contribution in [-0.4, -0.2) is 33.6 Å². The van der Waals surface area contributed by atoms with Gasteiger partial charge in [0.25, 0.3) is 11.7 Å². The van der Waals surface area contributed by atoms with Crippen LogP contribution in [-0.2, 0) is 24.7 Å². The van der Waals surface area contributed by atoms with E-state index in [1.807, 2.05) is 18.2 Å². The number of ketones is 1. The molecule has 0 fully saturated rings. The number of methoxy groups -OCH3 is 1. The minimum atomic E-state index is -0.675. The molecule has 0 radical (unpaired) electrons. The quantitative estimate of drug-likeness (QED) is 0.568. The molecule has 0 bridgehead atoms. The van der Waals surface area contributed by atoms with E-state index in [0.717, 1.165) is 47.8 Å². The molecule has 1 aliphatic rings. The van der Waals surface area contributed by atoms with Gasteiger partial charge in [0.15, 0.2) is 0 Å². The number of rotatable bonds is 4. The van der Waals surface area contributed by atoms with Gasteiger partial charge in [-0.3, -0.25) is 19.3 Å². The van der Waals surface area contributed by atoms with Crippen molar-refractivity contribution < 1.29 is 14.3 Å². The lowest BCUT2D eigenvalue weighted by Crippen LogP contribution is -2.24. The SMILES string of the molecule is COc1ccc2nc3c(c(NC(=O)C(=O)c4cnn(C)c4)c2c1)CCCC3. The molecule has 3 aromatic rings. The molecule has 1 N–H and O–H groups in total. The zero-order valence-electron chi connectivity index (χ0n) is 15.3. The highest BCUT2D eigenvalue weighted by Crippen LogP contribution is 2.35. The number of ether oxygens (including phenoxy) is 1. The molecule has 1 aromatic carbocycles. The van der Waals surface area contributed by atoms with E-state index in [-0.39, 0.29) is 5.56 Å². The Morgan fingerprint density at radius 3 is 2.78 bits per heavy atom. The van der Waals surface area contributed by atoms with Crippen LogP contribution in [0, 0.1) is 0 Å². The third-order valence-electron chi connectivity index (χ3n) is 4.88. The molecule has 0 saturated heterocycles. The molecule has 138 valence electrons. The number of hydrogen-bond donors (Lipinski definition) is 1. The summed E-state index contributed by atoms with van der Waals surface area (Å²) in [6.07, 6.45) is 6.73. The first-order valence-electron chi connectivity index (χ1n) is 8.90. The number of nitrogens with one attached hydrogen (secondary N) is 1. The van der Waals surface area contributed by atoms with Crippen molar-refractivity contribution in [1.29, 1.82) is 0 Å². The van der Waals surface area contributed by atoms with Gasteiger partial charge in [0.05, 0.1) is 30.1 Å². The number of Topliss-reactive ketones (excluding diaryl/α,β-unsaturated/α-hetero) is 1. The summed E-state index contributed by atoms with van der Waals surface area (Å²) in [5.74, 6) is -0.610. The Kier molecular flexibility index (Phi) is 4.35. The fourth-order valence-electron chi connectivity index (χ4n) is 3.51. The Labute approximate surface area is 156 Å². The molecule has 7 nitrogen and oxygen atoms in total. The molecule has 0 spiro atoms. The zero-order valence-corrected chi connectivity index (χ0v) is 15.3. The maximum absolute atomic E-state index is 12.7. The van der Waals surface area contributed by atoms with Crippen molar-refractivity contribution in [2.75, 3.05) is 12.4 Å². The van der Waals surface area contributed by atoms with Crippen LogP contribution in [0.5, 0.6) is 5.75 Å². The summed E-state index contributed by atoms with van der Waals surface area (Å²) in [6.45, 7) is 0. The first-order chi connectivity index (χ1) is 13.1. The number of hydrogen-bond acceptors (Lipinski definition) is 5. The molecule has 1 amide bonds. The normalized spacial score (nSPS) is 13.3. The third kappa shape index (κ3) is 3.16. The first kappa shape index (κ1) is 17.2. The van der Waals surface area contributed by atoms with Gasteiger partial charge in [-0.25, -0.2) is 0 Å². The van der Waals surface area contributed by atoms with Crippen molar-refractivity contribution in [2.45, 2.75) is 25.7 Å². The summed E-state index contributed by atoms with van der Waals surface area (Å²) < 4.78 is 6.82. The summed E-state index contributed by atoms with van der Waals surface area (Å²) in [6, 6.07) is 5.57. The second-order valence-corrected chi connectivity index (χ2v) is 6.69. The molecule has 0 aliphatic heterocycles. The number of nitrogens with zero attached hydrogens (tertiary/aromatic N) is 3. The lowest BCUT2D eigenvalue weighted by atomic mass is 9.92. The van der Waals surface area contributed by atoms with Crippen LogP contribution in [0.1, 0.15) is 34.5 Å². The van der Waals surface area contributed by atoms with E-state index in [2.05, 4.69) is 10.4 Å². The standard InChI is InChI=1S/C20H20N4O3/c1-24-11-12(10-21-24)19(25)20(26)23-18-14-5-3-4-6-16(14)22-17-8-7-13(27-2)9-15(17)18/h7-11H,3-6H2,1-2H3,(H,22,23,26). The number of aryl methyl sites for hydroxylation is 2. The Bertz CT molecular complexity index is 1050. The van der Waals surface area contributed by atoms with E-state index >= 15 is 0 Å². The maximum atomic E-state index is 12.7. The van der Waals surface area contributed by atoms with Gasteiger partial charge < -0.3 is 10.1 Å². The van der Waals surface area contributed by atoms with Crippen LogP contribution < -0.4 is 10.1 Å². The molecule has 7 heteroatoms. The van der Waals surface area contributed by atoms with E-state index in [1.165, 1.54) is 17.1 Å². The average molecular weight is 364 g/mol. The third-order valence-corrected chi connectivity index (χ3v) is 4.88. The van der Waals surface area contributed by atoms with Crippen LogP contribution >= 0.6 is 0 Å². The molecule has 0 unspecified atom stereocenters. The molecule has 0 atom stereocenters. The van der Waals surface area contributed by atoms with Gasteiger partial charge in [-0.15, -0.1) is 0 Å². The Morgan fingerprint density at radius 1 is 1.22 bits per heavy atom. The van der Waals surface area contributed by atoms with E-state index < -0.39 is 11.7 Å². The first-order valence-corrected chi connectivity index (χ1v) is 8.90. The van der Waals surface area contributed by atoms with E-state index in [4.69, 9.17) is 9.72 Å². The van der Waals surface area contributed by atoms with Crippen LogP contribution in [0.4, 0.5) is 5.69 Å².